The molecule has 0 bridgehead atoms. The second-order valence-corrected chi connectivity index (χ2v) is 6.56. The van der Waals surface area contributed by atoms with Crippen molar-refractivity contribution in [3.05, 3.63) is 29.8 Å². The fourth-order valence-corrected chi connectivity index (χ4v) is 3.66. The zero-order valence-electron chi connectivity index (χ0n) is 13.7. The predicted molar refractivity (Wildman–Crippen MR) is 90.0 cm³/mol. The van der Waals surface area contributed by atoms with Crippen molar-refractivity contribution in [1.29, 1.82) is 0 Å². The molecule has 0 spiro atoms. The minimum Gasteiger partial charge on any atom is -0.342 e. The van der Waals surface area contributed by atoms with E-state index >= 15 is 0 Å². The highest BCUT2D eigenvalue weighted by Gasteiger charge is 2.39. The first-order chi connectivity index (χ1) is 11.1. The Morgan fingerprint density at radius 1 is 1.30 bits per heavy atom. The van der Waals surface area contributed by atoms with Crippen molar-refractivity contribution in [2.75, 3.05) is 31.1 Å². The van der Waals surface area contributed by atoms with E-state index in [4.69, 9.17) is 5.73 Å². The molecule has 3 rings (SSSR count). The molecule has 2 aliphatic heterocycles. The molecule has 2 heterocycles. The van der Waals surface area contributed by atoms with Crippen molar-refractivity contribution in [1.82, 2.24) is 4.90 Å². The maximum absolute atomic E-state index is 12.7. The lowest BCUT2D eigenvalue weighted by Crippen LogP contribution is -2.36. The van der Waals surface area contributed by atoms with E-state index in [0.29, 0.717) is 25.4 Å². The van der Waals surface area contributed by atoms with E-state index < -0.39 is 0 Å². The maximum atomic E-state index is 12.7. The van der Waals surface area contributed by atoms with Crippen LogP contribution < -0.4 is 10.6 Å². The normalized spacial score (nSPS) is 24.5. The van der Waals surface area contributed by atoms with Gasteiger partial charge in [0.15, 0.2) is 0 Å². The second kappa shape index (κ2) is 6.71. The summed E-state index contributed by atoms with van der Waals surface area (Å²) in [4.78, 5) is 28.8. The monoisotopic (exact) mass is 315 g/mol. The van der Waals surface area contributed by atoms with Gasteiger partial charge in [-0.05, 0) is 36.9 Å². The number of hydrogen-bond acceptors (Lipinski definition) is 3. The molecule has 2 unspecified atom stereocenters. The third-order valence-electron chi connectivity index (χ3n) is 5.07. The summed E-state index contributed by atoms with van der Waals surface area (Å²) in [6.07, 6.45) is 2.18. The second-order valence-electron chi connectivity index (χ2n) is 6.56. The third kappa shape index (κ3) is 3.11. The number of rotatable bonds is 4. The van der Waals surface area contributed by atoms with Gasteiger partial charge in [0.25, 0.3) is 0 Å². The predicted octanol–water partition coefficient (Wildman–Crippen LogP) is 1.41. The van der Waals surface area contributed by atoms with Crippen LogP contribution in [-0.4, -0.2) is 42.9 Å². The van der Waals surface area contributed by atoms with Gasteiger partial charge in [-0.15, -0.1) is 0 Å². The largest absolute Gasteiger partial charge is 0.342 e. The number of aryl methyl sites for hydroxylation is 1. The third-order valence-corrected chi connectivity index (χ3v) is 5.07. The molecule has 0 radical (unpaired) electrons. The number of benzene rings is 1. The van der Waals surface area contributed by atoms with Gasteiger partial charge < -0.3 is 15.5 Å². The van der Waals surface area contributed by atoms with Gasteiger partial charge in [-0.3, -0.25) is 9.59 Å². The Hall–Kier alpha value is -1.88. The van der Waals surface area contributed by atoms with Crippen LogP contribution in [-0.2, 0) is 16.0 Å². The molecule has 2 fully saturated rings. The van der Waals surface area contributed by atoms with E-state index in [0.717, 1.165) is 37.2 Å². The Balaban J connectivity index is 1.71. The molecule has 2 amide bonds. The fraction of sp³-hybridized carbons (Fsp3) is 0.556. The molecule has 23 heavy (non-hydrogen) atoms. The fourth-order valence-electron chi connectivity index (χ4n) is 3.66. The molecule has 2 saturated heterocycles. The summed E-state index contributed by atoms with van der Waals surface area (Å²) in [6.45, 7) is 4.73. The van der Waals surface area contributed by atoms with E-state index in [9.17, 15) is 9.59 Å². The first kappa shape index (κ1) is 16.0. The summed E-state index contributed by atoms with van der Waals surface area (Å²) >= 11 is 0. The average molecular weight is 315 g/mol. The Morgan fingerprint density at radius 3 is 2.78 bits per heavy atom. The van der Waals surface area contributed by atoms with Crippen molar-refractivity contribution >= 4 is 17.5 Å². The van der Waals surface area contributed by atoms with Gasteiger partial charge in [0.2, 0.25) is 11.8 Å². The topological polar surface area (TPSA) is 66.6 Å². The lowest BCUT2D eigenvalue weighted by atomic mass is 10.1. The van der Waals surface area contributed by atoms with E-state index in [2.05, 4.69) is 6.92 Å². The highest BCUT2D eigenvalue weighted by atomic mass is 16.2. The SMILES string of the molecule is CCc1ccccc1N1CC(C(=O)N2CCC(CN)C2)CC1=O. The Labute approximate surface area is 137 Å². The number of carbonyl (C=O) groups is 2. The first-order valence-electron chi connectivity index (χ1n) is 8.51. The van der Waals surface area contributed by atoms with Crippen LogP contribution in [0.3, 0.4) is 0 Å². The molecular weight excluding hydrogens is 290 g/mol. The molecule has 0 aromatic heterocycles. The number of anilines is 1. The van der Waals surface area contributed by atoms with Crippen molar-refractivity contribution in [2.24, 2.45) is 17.6 Å². The number of nitrogens with zero attached hydrogens (tertiary/aromatic N) is 2. The molecule has 5 heteroatoms. The van der Waals surface area contributed by atoms with Crippen LogP contribution >= 0.6 is 0 Å². The smallest absolute Gasteiger partial charge is 0.228 e. The number of carbonyl (C=O) groups excluding carboxylic acids is 2. The van der Waals surface area contributed by atoms with Gasteiger partial charge in [0.1, 0.15) is 0 Å². The van der Waals surface area contributed by atoms with Crippen molar-refractivity contribution in [2.45, 2.75) is 26.2 Å². The molecule has 2 N–H and O–H groups in total. The molecule has 1 aromatic carbocycles. The lowest BCUT2D eigenvalue weighted by Gasteiger charge is -2.22. The number of likely N-dealkylation sites (tertiary alicyclic amines) is 1. The van der Waals surface area contributed by atoms with Gasteiger partial charge in [-0.1, -0.05) is 25.1 Å². The minimum atomic E-state index is -0.219. The first-order valence-corrected chi connectivity index (χ1v) is 8.51. The summed E-state index contributed by atoms with van der Waals surface area (Å²) in [5.74, 6) is 0.363. The molecule has 5 nitrogen and oxygen atoms in total. The summed E-state index contributed by atoms with van der Waals surface area (Å²) in [7, 11) is 0. The van der Waals surface area contributed by atoms with Crippen molar-refractivity contribution < 1.29 is 9.59 Å². The summed E-state index contributed by atoms with van der Waals surface area (Å²) in [5, 5.41) is 0. The molecule has 124 valence electrons. The van der Waals surface area contributed by atoms with E-state index in [1.807, 2.05) is 29.2 Å². The van der Waals surface area contributed by atoms with Crippen LogP contribution in [0.15, 0.2) is 24.3 Å². The van der Waals surface area contributed by atoms with E-state index in [1.165, 1.54) is 0 Å². The molecule has 0 saturated carbocycles. The molecule has 1 aromatic rings. The number of para-hydroxylation sites is 1. The molecule has 2 aliphatic rings. The average Bonchev–Trinajstić information content (AvgIpc) is 3.20. The summed E-state index contributed by atoms with van der Waals surface area (Å²) < 4.78 is 0. The highest BCUT2D eigenvalue weighted by Crippen LogP contribution is 2.30. The molecule has 0 aliphatic carbocycles. The summed E-state index contributed by atoms with van der Waals surface area (Å²) in [6, 6.07) is 7.96. The standard InChI is InChI=1S/C18H25N3O2/c1-2-14-5-3-4-6-16(14)21-12-15(9-17(21)22)18(23)20-8-7-13(10-19)11-20/h3-6,13,15H,2,7-12,19H2,1H3. The summed E-state index contributed by atoms with van der Waals surface area (Å²) in [5.41, 5.74) is 7.81. The van der Waals surface area contributed by atoms with E-state index in [1.54, 1.807) is 4.90 Å². The number of hydrogen-bond donors (Lipinski definition) is 1. The van der Waals surface area contributed by atoms with Crippen LogP contribution in [0.5, 0.6) is 0 Å². The minimum absolute atomic E-state index is 0.0545. The Bertz CT molecular complexity index is 602. The molecule has 2 atom stereocenters. The zero-order valence-corrected chi connectivity index (χ0v) is 13.7. The van der Waals surface area contributed by atoms with Crippen LogP contribution in [0.1, 0.15) is 25.3 Å². The van der Waals surface area contributed by atoms with Crippen LogP contribution in [0.2, 0.25) is 0 Å². The molecular formula is C18H25N3O2. The van der Waals surface area contributed by atoms with Crippen molar-refractivity contribution in [3.8, 4) is 0 Å². The van der Waals surface area contributed by atoms with Crippen LogP contribution in [0.4, 0.5) is 5.69 Å². The maximum Gasteiger partial charge on any atom is 0.228 e. The van der Waals surface area contributed by atoms with Crippen molar-refractivity contribution in [3.63, 3.8) is 0 Å². The number of amides is 2. The van der Waals surface area contributed by atoms with Gasteiger partial charge in [-0.2, -0.15) is 0 Å². The zero-order chi connectivity index (χ0) is 16.4. The Morgan fingerprint density at radius 2 is 2.09 bits per heavy atom. The Kier molecular flexibility index (Phi) is 4.66. The lowest BCUT2D eigenvalue weighted by molar-refractivity contribution is -0.134. The number of nitrogens with two attached hydrogens (primary N) is 1. The van der Waals surface area contributed by atoms with Gasteiger partial charge >= 0.3 is 0 Å². The van der Waals surface area contributed by atoms with Gasteiger partial charge in [0, 0.05) is 31.7 Å². The van der Waals surface area contributed by atoms with Gasteiger partial charge in [0.05, 0.1) is 5.92 Å². The van der Waals surface area contributed by atoms with Gasteiger partial charge in [-0.25, -0.2) is 0 Å². The van der Waals surface area contributed by atoms with Crippen LogP contribution in [0.25, 0.3) is 0 Å². The highest BCUT2D eigenvalue weighted by molar-refractivity contribution is 6.00. The van der Waals surface area contributed by atoms with E-state index in [-0.39, 0.29) is 17.7 Å². The van der Waals surface area contributed by atoms with Crippen LogP contribution in [0, 0.1) is 11.8 Å². The quantitative estimate of drug-likeness (QED) is 0.913.